The van der Waals surface area contributed by atoms with Gasteiger partial charge in [0.15, 0.2) is 13.2 Å². The van der Waals surface area contributed by atoms with E-state index in [1.165, 1.54) is 0 Å². The summed E-state index contributed by atoms with van der Waals surface area (Å²) in [5.41, 5.74) is 5.65. The van der Waals surface area contributed by atoms with Gasteiger partial charge in [0.25, 0.3) is 11.8 Å². The number of hydrogen-bond acceptors (Lipinski definition) is 8. The van der Waals surface area contributed by atoms with Crippen LogP contribution in [0.1, 0.15) is 71.2 Å². The summed E-state index contributed by atoms with van der Waals surface area (Å²) in [6.07, 6.45) is 2.36. The maximum absolute atomic E-state index is 12.8. The SMILES string of the molecule is CC[C@H](CO)NC(=O)COc1c2cccc1Cc1cccc(c1O)Cc1cccc(c1OCC(=O)N[C@H](CC)CO)Cc1cccc(c1O)C2. The van der Waals surface area contributed by atoms with Gasteiger partial charge in [0.05, 0.1) is 25.3 Å². The quantitative estimate of drug-likeness (QED) is 0.114. The molecule has 50 heavy (non-hydrogen) atoms. The largest absolute Gasteiger partial charge is 0.507 e. The van der Waals surface area contributed by atoms with Crippen molar-refractivity contribution in [3.63, 3.8) is 0 Å². The van der Waals surface area contributed by atoms with Gasteiger partial charge in [0.2, 0.25) is 0 Å². The second kappa shape index (κ2) is 17.0. The molecule has 10 heteroatoms. The van der Waals surface area contributed by atoms with E-state index >= 15 is 0 Å². The lowest BCUT2D eigenvalue weighted by molar-refractivity contribution is -0.124. The maximum atomic E-state index is 12.8. The molecule has 0 saturated carbocycles. The predicted molar refractivity (Wildman–Crippen MR) is 190 cm³/mol. The summed E-state index contributed by atoms with van der Waals surface area (Å²) in [4.78, 5) is 25.6. The third kappa shape index (κ3) is 8.74. The number of benzene rings is 4. The van der Waals surface area contributed by atoms with Gasteiger partial charge in [-0.25, -0.2) is 0 Å². The Hall–Kier alpha value is -5.06. The summed E-state index contributed by atoms with van der Waals surface area (Å²) in [7, 11) is 0. The van der Waals surface area contributed by atoms with Gasteiger partial charge in [-0.2, -0.15) is 0 Å². The van der Waals surface area contributed by atoms with E-state index in [4.69, 9.17) is 9.47 Å². The molecule has 6 N–H and O–H groups in total. The molecule has 0 aromatic heterocycles. The van der Waals surface area contributed by atoms with Gasteiger partial charge in [-0.3, -0.25) is 9.59 Å². The van der Waals surface area contributed by atoms with Crippen LogP contribution < -0.4 is 20.1 Å². The second-order valence-corrected chi connectivity index (χ2v) is 12.7. The molecule has 0 heterocycles. The van der Waals surface area contributed by atoms with Gasteiger partial charge in [-0.15, -0.1) is 0 Å². The number of aromatic hydroxyl groups is 2. The molecule has 1 aliphatic rings. The molecular formula is C40H46N2O8. The maximum Gasteiger partial charge on any atom is 0.258 e. The number of amides is 2. The zero-order valence-corrected chi connectivity index (χ0v) is 28.6. The number of fused-ring (bicyclic) bond motifs is 8. The molecule has 0 unspecified atom stereocenters. The Morgan fingerprint density at radius 3 is 1.10 bits per heavy atom. The van der Waals surface area contributed by atoms with Crippen molar-refractivity contribution >= 4 is 11.8 Å². The Morgan fingerprint density at radius 1 is 0.560 bits per heavy atom. The predicted octanol–water partition coefficient (Wildman–Crippen LogP) is 4.31. The Morgan fingerprint density at radius 2 is 0.840 bits per heavy atom. The minimum Gasteiger partial charge on any atom is -0.507 e. The average molecular weight is 683 g/mol. The second-order valence-electron chi connectivity index (χ2n) is 12.7. The summed E-state index contributed by atoms with van der Waals surface area (Å²) in [5.74, 6) is 0.498. The minimum atomic E-state index is -0.374. The van der Waals surface area contributed by atoms with E-state index in [9.17, 15) is 30.0 Å². The fraction of sp³-hybridized carbons (Fsp3) is 0.350. The average Bonchev–Trinajstić information content (AvgIpc) is 3.11. The molecule has 0 radical (unpaired) electrons. The van der Waals surface area contributed by atoms with E-state index < -0.39 is 0 Å². The molecule has 8 bridgehead atoms. The van der Waals surface area contributed by atoms with Crippen LogP contribution in [0.3, 0.4) is 0 Å². The number of phenols is 2. The normalized spacial score (nSPS) is 13.5. The van der Waals surface area contributed by atoms with Crippen molar-refractivity contribution in [2.24, 2.45) is 0 Å². The summed E-state index contributed by atoms with van der Waals surface area (Å²) in [6.45, 7) is 2.86. The van der Waals surface area contributed by atoms with Gasteiger partial charge in [-0.05, 0) is 57.3 Å². The van der Waals surface area contributed by atoms with Crippen LogP contribution >= 0.6 is 0 Å². The lowest BCUT2D eigenvalue weighted by atomic mass is 9.91. The van der Waals surface area contributed by atoms with Gasteiger partial charge in [0.1, 0.15) is 23.0 Å². The number of aliphatic hydroxyl groups excluding tert-OH is 2. The molecule has 5 rings (SSSR count). The standard InChI is InChI=1S/C40H46N2O8/c1-3-33(21-43)41-35(45)23-49-39-29-13-7-14-30(39)18-26-10-6-12-28(38(26)48)20-32-16-8-15-31(19-27-11-5-9-25(17-29)37(27)47)40(32)50-24-36(46)42-34(4-2)22-44/h5-16,33-34,43-44,47-48H,3-4,17-24H2,1-2H3,(H,41,45)(H,42,46)/t33-,34-/m1/s1. The van der Waals surface area contributed by atoms with Crippen LogP contribution in [0.4, 0.5) is 0 Å². The fourth-order valence-electron chi connectivity index (χ4n) is 6.25. The van der Waals surface area contributed by atoms with Crippen LogP contribution in [0, 0.1) is 0 Å². The van der Waals surface area contributed by atoms with Crippen LogP contribution in [-0.2, 0) is 35.3 Å². The lowest BCUT2D eigenvalue weighted by Crippen LogP contribution is -2.39. The molecule has 10 nitrogen and oxygen atoms in total. The number of hydrogen-bond donors (Lipinski definition) is 6. The van der Waals surface area contributed by atoms with Crippen LogP contribution in [-0.4, -0.2) is 70.8 Å². The van der Waals surface area contributed by atoms with E-state index in [1.807, 2.05) is 86.6 Å². The highest BCUT2D eigenvalue weighted by Crippen LogP contribution is 2.38. The van der Waals surface area contributed by atoms with E-state index in [0.717, 1.165) is 22.3 Å². The minimum absolute atomic E-state index is 0.119. The van der Waals surface area contributed by atoms with E-state index in [1.54, 1.807) is 0 Å². The first-order chi connectivity index (χ1) is 24.2. The summed E-state index contributed by atoms with van der Waals surface area (Å²) in [5, 5.41) is 47.9. The first-order valence-electron chi connectivity index (χ1n) is 17.1. The number of rotatable bonds is 12. The summed E-state index contributed by atoms with van der Waals surface area (Å²) >= 11 is 0. The van der Waals surface area contributed by atoms with Crippen molar-refractivity contribution in [3.05, 3.63) is 117 Å². The Bertz CT molecular complexity index is 1580. The van der Waals surface area contributed by atoms with Crippen LogP contribution in [0.15, 0.2) is 72.8 Å². The van der Waals surface area contributed by atoms with Gasteiger partial charge in [-0.1, -0.05) is 86.6 Å². The molecule has 4 aromatic rings. The first kappa shape index (κ1) is 36.2. The van der Waals surface area contributed by atoms with Crippen LogP contribution in [0.25, 0.3) is 0 Å². The highest BCUT2D eigenvalue weighted by Gasteiger charge is 2.21. The molecule has 2 amide bonds. The van der Waals surface area contributed by atoms with Crippen LogP contribution in [0.2, 0.25) is 0 Å². The summed E-state index contributed by atoms with van der Waals surface area (Å²) < 4.78 is 12.4. The number of carbonyl (C=O) groups excluding carboxylic acids is 2. The Labute approximate surface area is 292 Å². The molecule has 0 fully saturated rings. The number of nitrogens with one attached hydrogen (secondary N) is 2. The third-order valence-electron chi connectivity index (χ3n) is 9.14. The van der Waals surface area contributed by atoms with E-state index in [0.29, 0.717) is 72.3 Å². The molecule has 4 aromatic carbocycles. The van der Waals surface area contributed by atoms with Crippen molar-refractivity contribution in [1.82, 2.24) is 10.6 Å². The Balaban J connectivity index is 1.56. The fourth-order valence-corrected chi connectivity index (χ4v) is 6.25. The Kier molecular flexibility index (Phi) is 12.4. The lowest BCUT2D eigenvalue weighted by Gasteiger charge is -2.21. The number of phenolic OH excluding ortho intramolecular Hbond substituents is 2. The number of ether oxygens (including phenoxy) is 2. The highest BCUT2D eigenvalue weighted by atomic mass is 16.5. The zero-order valence-electron chi connectivity index (χ0n) is 28.6. The third-order valence-corrected chi connectivity index (χ3v) is 9.14. The molecule has 1 aliphatic carbocycles. The van der Waals surface area contributed by atoms with Crippen molar-refractivity contribution in [2.75, 3.05) is 26.4 Å². The molecule has 0 saturated heterocycles. The van der Waals surface area contributed by atoms with E-state index in [-0.39, 0.29) is 61.8 Å². The molecular weight excluding hydrogens is 636 g/mol. The topological polar surface area (TPSA) is 158 Å². The van der Waals surface area contributed by atoms with Crippen molar-refractivity contribution in [3.8, 4) is 23.0 Å². The highest BCUT2D eigenvalue weighted by molar-refractivity contribution is 5.78. The molecule has 0 spiro atoms. The molecule has 2 atom stereocenters. The van der Waals surface area contributed by atoms with Gasteiger partial charge >= 0.3 is 0 Å². The van der Waals surface area contributed by atoms with Crippen LogP contribution in [0.5, 0.6) is 23.0 Å². The van der Waals surface area contributed by atoms with Crippen molar-refractivity contribution in [1.29, 1.82) is 0 Å². The summed E-state index contributed by atoms with van der Waals surface area (Å²) in [6, 6.07) is 21.8. The number of aliphatic hydroxyl groups is 2. The zero-order chi connectivity index (χ0) is 35.6. The van der Waals surface area contributed by atoms with Gasteiger partial charge in [0, 0.05) is 25.7 Å². The monoisotopic (exact) mass is 682 g/mol. The first-order valence-corrected chi connectivity index (χ1v) is 17.1. The van der Waals surface area contributed by atoms with E-state index in [2.05, 4.69) is 10.6 Å². The smallest absolute Gasteiger partial charge is 0.258 e. The number of para-hydroxylation sites is 4. The van der Waals surface area contributed by atoms with Crippen molar-refractivity contribution in [2.45, 2.75) is 64.5 Å². The van der Waals surface area contributed by atoms with Gasteiger partial charge < -0.3 is 40.5 Å². The molecule has 264 valence electrons. The molecule has 0 aliphatic heterocycles. The number of carbonyl (C=O) groups is 2. The van der Waals surface area contributed by atoms with Crippen molar-refractivity contribution < 1.29 is 39.5 Å².